The molecule has 1 heterocycles. The van der Waals surface area contributed by atoms with Crippen molar-refractivity contribution >= 4 is 22.7 Å². The molecule has 0 aliphatic rings. The van der Waals surface area contributed by atoms with Gasteiger partial charge in [0.15, 0.2) is 11.5 Å². The highest BCUT2D eigenvalue weighted by atomic mass is 19.1. The number of nitrogens with one attached hydrogen (secondary N) is 1. The number of nitrogens with zero attached hydrogens (tertiary/aromatic N) is 2. The second-order valence-electron chi connectivity index (χ2n) is 8.46. The third-order valence-electron chi connectivity index (χ3n) is 5.81. The predicted octanol–water partition coefficient (Wildman–Crippen LogP) is 4.07. The van der Waals surface area contributed by atoms with Crippen molar-refractivity contribution in [3.05, 3.63) is 78.2 Å². The number of ether oxygens (including phenoxy) is 3. The Hall–Kier alpha value is -4.60. The summed E-state index contributed by atoms with van der Waals surface area (Å²) in [5, 5.41) is 7.82. The summed E-state index contributed by atoms with van der Waals surface area (Å²) in [5.74, 6) is -0.855. The van der Waals surface area contributed by atoms with E-state index in [9.17, 15) is 14.0 Å². The molecule has 4 rings (SSSR count). The van der Waals surface area contributed by atoms with E-state index in [-0.39, 0.29) is 5.82 Å². The fourth-order valence-electron chi connectivity index (χ4n) is 4.13. The molecule has 2 amide bonds. The lowest BCUT2D eigenvalue weighted by atomic mass is 10.0. The third kappa shape index (κ3) is 5.69. The molecule has 3 aromatic carbocycles. The molecule has 0 saturated carbocycles. The summed E-state index contributed by atoms with van der Waals surface area (Å²) in [5.41, 5.74) is 7.30. The fraction of sp³-hybridized carbons (Fsp3) is 0.250. The Kier molecular flexibility index (Phi) is 8.10. The number of primary amides is 1. The van der Waals surface area contributed by atoms with Gasteiger partial charge < -0.3 is 25.3 Å². The topological polar surface area (TPSA) is 118 Å². The first-order chi connectivity index (χ1) is 18.3. The Morgan fingerprint density at radius 1 is 1.05 bits per heavy atom. The number of carbonyl (C=O) groups excluding carboxylic acids is 2. The Labute approximate surface area is 219 Å². The highest BCUT2D eigenvalue weighted by molar-refractivity contribution is 6.34. The molecule has 0 bridgehead atoms. The van der Waals surface area contributed by atoms with Crippen molar-refractivity contribution in [3.8, 4) is 22.9 Å². The maximum Gasteiger partial charge on any atom is 0.309 e. The lowest BCUT2D eigenvalue weighted by molar-refractivity contribution is -0.138. The number of halogens is 1. The summed E-state index contributed by atoms with van der Waals surface area (Å²) in [4.78, 5) is 23.6. The van der Waals surface area contributed by atoms with Gasteiger partial charge in [-0.15, -0.1) is 0 Å². The minimum absolute atomic E-state index is 0.329. The molecular formula is C28H29FN4O5. The van der Waals surface area contributed by atoms with Crippen molar-refractivity contribution in [2.75, 3.05) is 13.2 Å². The van der Waals surface area contributed by atoms with Gasteiger partial charge in [0, 0.05) is 10.9 Å². The first-order valence-corrected chi connectivity index (χ1v) is 12.2. The van der Waals surface area contributed by atoms with Gasteiger partial charge in [-0.3, -0.25) is 9.59 Å². The third-order valence-corrected chi connectivity index (χ3v) is 5.81. The number of para-hydroxylation sites is 1. The van der Waals surface area contributed by atoms with Gasteiger partial charge in [0.05, 0.1) is 36.7 Å². The van der Waals surface area contributed by atoms with E-state index in [2.05, 4.69) is 10.4 Å². The lowest BCUT2D eigenvalue weighted by Gasteiger charge is -2.28. The van der Waals surface area contributed by atoms with E-state index in [1.54, 1.807) is 48.1 Å². The molecule has 10 heteroatoms. The monoisotopic (exact) mass is 520 g/mol. The van der Waals surface area contributed by atoms with Crippen LogP contribution < -0.4 is 25.3 Å². The minimum Gasteiger partial charge on any atom is -0.490 e. The van der Waals surface area contributed by atoms with E-state index in [1.807, 2.05) is 32.0 Å². The quantitative estimate of drug-likeness (QED) is 0.305. The van der Waals surface area contributed by atoms with Crippen LogP contribution in [0.5, 0.6) is 17.2 Å². The summed E-state index contributed by atoms with van der Waals surface area (Å²) in [6.07, 6.45) is 0.907. The summed E-state index contributed by atoms with van der Waals surface area (Å²) in [6.45, 7) is 6.23. The van der Waals surface area contributed by atoms with Gasteiger partial charge in [0.1, 0.15) is 17.7 Å². The van der Waals surface area contributed by atoms with E-state index in [4.69, 9.17) is 19.9 Å². The summed E-state index contributed by atoms with van der Waals surface area (Å²) >= 11 is 0. The Balaban J connectivity index is 1.73. The summed E-state index contributed by atoms with van der Waals surface area (Å²) < 4.78 is 33.2. The number of benzene rings is 3. The van der Waals surface area contributed by atoms with Crippen molar-refractivity contribution in [1.82, 2.24) is 15.1 Å². The van der Waals surface area contributed by atoms with Gasteiger partial charge >= 0.3 is 11.8 Å². The van der Waals surface area contributed by atoms with Crippen molar-refractivity contribution in [2.45, 2.75) is 32.9 Å². The van der Waals surface area contributed by atoms with Crippen LogP contribution in [0.1, 0.15) is 32.4 Å². The molecule has 0 aliphatic heterocycles. The number of hydrogen-bond acceptors (Lipinski definition) is 6. The van der Waals surface area contributed by atoms with Crippen LogP contribution in [0.4, 0.5) is 4.39 Å². The number of amides is 2. The molecule has 38 heavy (non-hydrogen) atoms. The fourth-order valence-corrected chi connectivity index (χ4v) is 4.13. The first kappa shape index (κ1) is 26.5. The van der Waals surface area contributed by atoms with Crippen molar-refractivity contribution in [2.24, 2.45) is 5.73 Å². The van der Waals surface area contributed by atoms with Crippen LogP contribution in [0.2, 0.25) is 0 Å². The second-order valence-corrected chi connectivity index (χ2v) is 8.46. The summed E-state index contributed by atoms with van der Waals surface area (Å²) in [6, 6.07) is 16.2. The van der Waals surface area contributed by atoms with Crippen molar-refractivity contribution in [1.29, 1.82) is 0 Å². The van der Waals surface area contributed by atoms with E-state index in [0.717, 1.165) is 10.9 Å². The number of fused-ring (bicyclic) bond motifs is 1. The molecule has 0 saturated heterocycles. The molecule has 2 atom stereocenters. The van der Waals surface area contributed by atoms with Crippen LogP contribution in [-0.4, -0.2) is 40.9 Å². The first-order valence-electron chi connectivity index (χ1n) is 12.2. The molecule has 9 nitrogen and oxygen atoms in total. The molecule has 0 spiro atoms. The molecule has 1 aromatic heterocycles. The zero-order chi connectivity index (χ0) is 27.2. The molecule has 198 valence electrons. The Bertz CT molecular complexity index is 1440. The van der Waals surface area contributed by atoms with Gasteiger partial charge in [0.25, 0.3) is 0 Å². The van der Waals surface area contributed by atoms with Gasteiger partial charge in [-0.2, -0.15) is 5.10 Å². The minimum atomic E-state index is -1.10. The second kappa shape index (κ2) is 11.6. The number of carbonyl (C=O) groups is 2. The number of hydrogen-bond donors (Lipinski definition) is 2. The van der Waals surface area contributed by atoms with Crippen molar-refractivity contribution < 1.29 is 28.2 Å². The van der Waals surface area contributed by atoms with Gasteiger partial charge in [-0.05, 0) is 69.3 Å². The van der Waals surface area contributed by atoms with Crippen LogP contribution in [0, 0.1) is 5.82 Å². The normalized spacial score (nSPS) is 12.5. The van der Waals surface area contributed by atoms with Gasteiger partial charge in [-0.25, -0.2) is 9.07 Å². The zero-order valence-corrected chi connectivity index (χ0v) is 21.3. The van der Waals surface area contributed by atoms with E-state index >= 15 is 0 Å². The molecule has 4 aromatic rings. The Morgan fingerprint density at radius 3 is 2.47 bits per heavy atom. The highest BCUT2D eigenvalue weighted by Gasteiger charge is 2.29. The molecule has 3 N–H and O–H groups in total. The number of aromatic nitrogens is 2. The summed E-state index contributed by atoms with van der Waals surface area (Å²) in [7, 11) is 0. The largest absolute Gasteiger partial charge is 0.490 e. The smallest absolute Gasteiger partial charge is 0.309 e. The van der Waals surface area contributed by atoms with Crippen LogP contribution in [0.3, 0.4) is 0 Å². The average Bonchev–Trinajstić information content (AvgIpc) is 3.32. The van der Waals surface area contributed by atoms with Gasteiger partial charge in [0.2, 0.25) is 0 Å². The van der Waals surface area contributed by atoms with E-state index < -0.39 is 24.0 Å². The molecule has 0 radical (unpaired) electrons. The van der Waals surface area contributed by atoms with Crippen LogP contribution in [0.25, 0.3) is 16.6 Å². The standard InChI is InChI=1S/C28H29FN4O5/c1-4-36-24-8-6-7-22(26(24)37-5-2)25(17(3)32-28(35)27(30)34)38-21-13-14-23-18(15-21)16-31-33(23)20-11-9-19(29)10-12-20/h6-17,25H,4-5H2,1-3H3,(H2,30,34)(H,32,35)/t17-,25-/m0/s1. The molecular weight excluding hydrogens is 491 g/mol. The maximum absolute atomic E-state index is 13.4. The highest BCUT2D eigenvalue weighted by Crippen LogP contribution is 2.39. The SMILES string of the molecule is CCOc1cccc([C@@H](Oc2ccc3c(cnn3-c3ccc(F)cc3)c2)[C@H](C)NC(=O)C(N)=O)c1OCC. The van der Waals surface area contributed by atoms with E-state index in [1.165, 1.54) is 12.1 Å². The molecule has 0 fully saturated rings. The maximum atomic E-state index is 13.4. The zero-order valence-electron chi connectivity index (χ0n) is 21.3. The Morgan fingerprint density at radius 2 is 1.79 bits per heavy atom. The lowest BCUT2D eigenvalue weighted by Crippen LogP contribution is -2.44. The van der Waals surface area contributed by atoms with Gasteiger partial charge in [-0.1, -0.05) is 12.1 Å². The van der Waals surface area contributed by atoms with Crippen LogP contribution >= 0.6 is 0 Å². The average molecular weight is 521 g/mol. The van der Waals surface area contributed by atoms with E-state index in [0.29, 0.717) is 41.7 Å². The number of rotatable bonds is 10. The molecule has 0 aliphatic carbocycles. The molecule has 0 unspecified atom stereocenters. The van der Waals surface area contributed by atoms with Crippen LogP contribution in [0.15, 0.2) is 66.9 Å². The number of nitrogens with two attached hydrogens (primary N) is 1. The van der Waals surface area contributed by atoms with Crippen molar-refractivity contribution in [3.63, 3.8) is 0 Å². The van der Waals surface area contributed by atoms with Crippen LogP contribution in [-0.2, 0) is 9.59 Å². The predicted molar refractivity (Wildman–Crippen MR) is 140 cm³/mol.